The summed E-state index contributed by atoms with van der Waals surface area (Å²) in [6.45, 7) is 0.356. The zero-order valence-electron chi connectivity index (χ0n) is 10.00. The molecule has 2 rings (SSSR count). The van der Waals surface area contributed by atoms with E-state index in [0.29, 0.717) is 21.3 Å². The van der Waals surface area contributed by atoms with Crippen molar-refractivity contribution < 1.29 is 13.5 Å². The Kier molecular flexibility index (Phi) is 4.50. The van der Waals surface area contributed by atoms with Gasteiger partial charge in [0.05, 0.1) is 4.47 Å². The molecule has 2 nitrogen and oxygen atoms in total. The van der Waals surface area contributed by atoms with E-state index in [-0.39, 0.29) is 24.8 Å². The quantitative estimate of drug-likeness (QED) is 0.927. The summed E-state index contributed by atoms with van der Waals surface area (Å²) in [7, 11) is 0. The largest absolute Gasteiger partial charge is 0.489 e. The summed E-state index contributed by atoms with van der Waals surface area (Å²) in [5, 5.41) is 0. The molecule has 0 atom stereocenters. The minimum Gasteiger partial charge on any atom is -0.489 e. The highest BCUT2D eigenvalue weighted by molar-refractivity contribution is 9.10. The fraction of sp³-hybridized carbons (Fsp3) is 0.143. The number of ether oxygens (including phenoxy) is 1. The summed E-state index contributed by atoms with van der Waals surface area (Å²) in [6.07, 6.45) is 0. The molecule has 0 saturated heterocycles. The highest BCUT2D eigenvalue weighted by Gasteiger charge is 2.08. The number of halogens is 3. The van der Waals surface area contributed by atoms with Crippen LogP contribution in [-0.4, -0.2) is 0 Å². The summed E-state index contributed by atoms with van der Waals surface area (Å²) >= 11 is 3.16. The van der Waals surface area contributed by atoms with E-state index >= 15 is 0 Å². The second-order valence-electron chi connectivity index (χ2n) is 3.96. The van der Waals surface area contributed by atoms with Crippen molar-refractivity contribution in [2.75, 3.05) is 0 Å². The van der Waals surface area contributed by atoms with Gasteiger partial charge in [0, 0.05) is 17.7 Å². The number of nitrogens with two attached hydrogens (primary N) is 1. The lowest BCUT2D eigenvalue weighted by molar-refractivity contribution is 0.301. The molecule has 0 saturated carbocycles. The molecule has 0 amide bonds. The van der Waals surface area contributed by atoms with Gasteiger partial charge >= 0.3 is 0 Å². The summed E-state index contributed by atoms with van der Waals surface area (Å²) in [5.41, 5.74) is 6.78. The van der Waals surface area contributed by atoms with E-state index < -0.39 is 0 Å². The Labute approximate surface area is 118 Å². The number of hydrogen-bond acceptors (Lipinski definition) is 2. The molecule has 0 heterocycles. The normalized spacial score (nSPS) is 10.5. The Bertz CT molecular complexity index is 590. The second-order valence-corrected chi connectivity index (χ2v) is 4.75. The molecule has 0 aromatic heterocycles. The second kappa shape index (κ2) is 6.12. The van der Waals surface area contributed by atoms with Crippen LogP contribution in [0.2, 0.25) is 0 Å². The molecule has 0 unspecified atom stereocenters. The van der Waals surface area contributed by atoms with Crippen LogP contribution in [-0.2, 0) is 13.2 Å². The molecular weight excluding hydrogens is 316 g/mol. The molecule has 0 aliphatic carbocycles. The van der Waals surface area contributed by atoms with Gasteiger partial charge in [0.2, 0.25) is 0 Å². The monoisotopic (exact) mass is 327 g/mol. The molecule has 0 fully saturated rings. The minimum absolute atomic E-state index is 0.178. The Morgan fingerprint density at radius 1 is 1.11 bits per heavy atom. The van der Waals surface area contributed by atoms with Crippen molar-refractivity contribution in [1.82, 2.24) is 0 Å². The Balaban J connectivity index is 2.17. The van der Waals surface area contributed by atoms with Gasteiger partial charge in [-0.25, -0.2) is 8.78 Å². The predicted molar refractivity (Wildman–Crippen MR) is 72.7 cm³/mol. The van der Waals surface area contributed by atoms with Gasteiger partial charge in [-0.1, -0.05) is 12.1 Å². The van der Waals surface area contributed by atoms with E-state index in [4.69, 9.17) is 10.5 Å². The van der Waals surface area contributed by atoms with Crippen LogP contribution in [0.25, 0.3) is 0 Å². The van der Waals surface area contributed by atoms with E-state index in [0.717, 1.165) is 0 Å². The average Bonchev–Trinajstić information content (AvgIpc) is 2.41. The van der Waals surface area contributed by atoms with Crippen LogP contribution in [0.1, 0.15) is 11.1 Å². The first-order chi connectivity index (χ1) is 9.11. The lowest BCUT2D eigenvalue weighted by atomic mass is 10.2. The molecule has 5 heteroatoms. The van der Waals surface area contributed by atoms with Crippen molar-refractivity contribution in [2.45, 2.75) is 13.2 Å². The van der Waals surface area contributed by atoms with Crippen LogP contribution in [0.4, 0.5) is 8.78 Å². The fourth-order valence-corrected chi connectivity index (χ4v) is 2.04. The van der Waals surface area contributed by atoms with Gasteiger partial charge in [0.15, 0.2) is 0 Å². The topological polar surface area (TPSA) is 35.2 Å². The van der Waals surface area contributed by atoms with Gasteiger partial charge < -0.3 is 10.5 Å². The third-order valence-electron chi connectivity index (χ3n) is 2.66. The first-order valence-electron chi connectivity index (χ1n) is 5.66. The van der Waals surface area contributed by atoms with Crippen molar-refractivity contribution in [1.29, 1.82) is 0 Å². The van der Waals surface area contributed by atoms with Crippen LogP contribution in [0.3, 0.4) is 0 Å². The van der Waals surface area contributed by atoms with Gasteiger partial charge in [-0.15, -0.1) is 0 Å². The molecule has 19 heavy (non-hydrogen) atoms. The molecule has 2 aromatic carbocycles. The van der Waals surface area contributed by atoms with Crippen molar-refractivity contribution >= 4 is 15.9 Å². The molecule has 2 aromatic rings. The molecule has 0 radical (unpaired) electrons. The summed E-state index contributed by atoms with van der Waals surface area (Å²) < 4.78 is 32.3. The molecule has 2 N–H and O–H groups in total. The molecule has 0 aliphatic rings. The molecule has 0 bridgehead atoms. The van der Waals surface area contributed by atoms with Crippen molar-refractivity contribution in [3.05, 3.63) is 63.6 Å². The Hall–Kier alpha value is -1.46. The number of rotatable bonds is 4. The standard InChI is InChI=1S/C14H12BrF2NO/c15-14-9(2-1-3-12(14)17)8-19-13-5-4-11(16)6-10(13)7-18/h1-6H,7-8,18H2. The van der Waals surface area contributed by atoms with Gasteiger partial charge in [-0.2, -0.15) is 0 Å². The van der Waals surface area contributed by atoms with Crippen molar-refractivity contribution in [3.63, 3.8) is 0 Å². The SMILES string of the molecule is NCc1cc(F)ccc1OCc1cccc(F)c1Br. The third kappa shape index (κ3) is 3.30. The third-order valence-corrected chi connectivity index (χ3v) is 3.55. The van der Waals surface area contributed by atoms with Gasteiger partial charge in [0.1, 0.15) is 24.0 Å². The van der Waals surface area contributed by atoms with Crippen molar-refractivity contribution in [2.24, 2.45) is 5.73 Å². The smallest absolute Gasteiger partial charge is 0.137 e. The van der Waals surface area contributed by atoms with E-state index in [2.05, 4.69) is 15.9 Å². The lowest BCUT2D eigenvalue weighted by Crippen LogP contribution is -2.04. The molecular formula is C14H12BrF2NO. The van der Waals surface area contributed by atoms with Gasteiger partial charge in [0.25, 0.3) is 0 Å². The van der Waals surface area contributed by atoms with E-state index in [1.807, 2.05) is 0 Å². The first-order valence-corrected chi connectivity index (χ1v) is 6.45. The van der Waals surface area contributed by atoms with Crippen LogP contribution >= 0.6 is 15.9 Å². The highest BCUT2D eigenvalue weighted by Crippen LogP contribution is 2.24. The van der Waals surface area contributed by atoms with Gasteiger partial charge in [-0.3, -0.25) is 0 Å². The molecule has 0 spiro atoms. The fourth-order valence-electron chi connectivity index (χ4n) is 1.66. The van der Waals surface area contributed by atoms with Crippen LogP contribution in [0.5, 0.6) is 5.75 Å². The summed E-state index contributed by atoms with van der Waals surface area (Å²) in [5.74, 6) is -0.209. The van der Waals surface area contributed by atoms with Crippen LogP contribution in [0, 0.1) is 11.6 Å². The molecule has 100 valence electrons. The minimum atomic E-state index is -0.361. The summed E-state index contributed by atoms with van der Waals surface area (Å²) in [6, 6.07) is 8.86. The highest BCUT2D eigenvalue weighted by atomic mass is 79.9. The predicted octanol–water partition coefficient (Wildman–Crippen LogP) is 3.77. The maximum Gasteiger partial charge on any atom is 0.137 e. The number of benzene rings is 2. The Morgan fingerprint density at radius 2 is 1.89 bits per heavy atom. The molecule has 0 aliphatic heterocycles. The van der Waals surface area contributed by atoms with Gasteiger partial charge in [-0.05, 0) is 40.2 Å². The van der Waals surface area contributed by atoms with E-state index in [9.17, 15) is 8.78 Å². The summed E-state index contributed by atoms with van der Waals surface area (Å²) in [4.78, 5) is 0. The van der Waals surface area contributed by atoms with Crippen molar-refractivity contribution in [3.8, 4) is 5.75 Å². The maximum absolute atomic E-state index is 13.3. The number of hydrogen-bond donors (Lipinski definition) is 1. The van der Waals surface area contributed by atoms with Crippen LogP contribution < -0.4 is 10.5 Å². The zero-order chi connectivity index (χ0) is 13.8. The van der Waals surface area contributed by atoms with E-state index in [1.165, 1.54) is 24.3 Å². The van der Waals surface area contributed by atoms with E-state index in [1.54, 1.807) is 12.1 Å². The first kappa shape index (κ1) is 14.0. The maximum atomic E-state index is 13.3. The lowest BCUT2D eigenvalue weighted by Gasteiger charge is -2.11. The average molecular weight is 328 g/mol. The zero-order valence-corrected chi connectivity index (χ0v) is 11.6. The van der Waals surface area contributed by atoms with Crippen LogP contribution in [0.15, 0.2) is 40.9 Å². The Morgan fingerprint density at radius 3 is 2.63 bits per heavy atom.